The second-order valence-corrected chi connectivity index (χ2v) is 7.26. The Labute approximate surface area is 166 Å². The van der Waals surface area contributed by atoms with Crippen LogP contribution in [0.4, 0.5) is 0 Å². The Morgan fingerprint density at radius 2 is 1.92 bits per heavy atom. The highest BCUT2D eigenvalue weighted by atomic mass is 35.5. The van der Waals surface area contributed by atoms with Crippen molar-refractivity contribution in [2.75, 3.05) is 19.6 Å². The molecule has 0 aliphatic carbocycles. The molecular weight excluding hydrogens is 379 g/mol. The number of fused-ring (bicyclic) bond motifs is 3. The Morgan fingerprint density at radius 3 is 2.56 bits per heavy atom. The molecule has 5 rings (SSSR count). The van der Waals surface area contributed by atoms with E-state index in [2.05, 4.69) is 22.3 Å². The first kappa shape index (κ1) is 20.6. The van der Waals surface area contributed by atoms with Crippen LogP contribution in [-0.2, 0) is 6.54 Å². The van der Waals surface area contributed by atoms with Gasteiger partial charge in [0, 0.05) is 23.2 Å². The highest BCUT2D eigenvalue weighted by molar-refractivity contribution is 6.31. The molecule has 1 aromatic carbocycles. The molecule has 3 saturated heterocycles. The lowest BCUT2D eigenvalue weighted by atomic mass is 9.84. The fraction of sp³-hybridized carbons (Fsp3) is 0.474. The van der Waals surface area contributed by atoms with Crippen molar-refractivity contribution in [1.29, 1.82) is 0 Å². The zero-order valence-corrected chi connectivity index (χ0v) is 16.7. The highest BCUT2D eigenvalue weighted by Gasteiger charge is 2.33. The molecule has 1 unspecified atom stereocenters. The van der Waals surface area contributed by atoms with E-state index in [1.54, 1.807) is 0 Å². The number of piperidine rings is 3. The quantitative estimate of drug-likeness (QED) is 0.784. The van der Waals surface area contributed by atoms with Crippen LogP contribution in [0.3, 0.4) is 0 Å². The summed E-state index contributed by atoms with van der Waals surface area (Å²) < 4.78 is 6.00. The summed E-state index contributed by atoms with van der Waals surface area (Å²) in [6, 6.07) is 10.8. The molecule has 4 heterocycles. The zero-order chi connectivity index (χ0) is 15.8. The Hall–Kier alpha value is -0.710. The van der Waals surface area contributed by atoms with Gasteiger partial charge in [0.15, 0.2) is 0 Å². The van der Waals surface area contributed by atoms with Crippen molar-refractivity contribution in [3.05, 3.63) is 46.7 Å². The van der Waals surface area contributed by atoms with Gasteiger partial charge in [-0.25, -0.2) is 0 Å². The summed E-state index contributed by atoms with van der Waals surface area (Å²) in [5.74, 6) is 2.72. The number of benzene rings is 1. The predicted molar refractivity (Wildman–Crippen MR) is 108 cm³/mol. The molecule has 3 nitrogen and oxygen atoms in total. The third-order valence-electron chi connectivity index (χ3n) is 5.31. The molecule has 1 N–H and O–H groups in total. The van der Waals surface area contributed by atoms with Crippen LogP contribution >= 0.6 is 36.4 Å². The number of halogens is 3. The lowest BCUT2D eigenvalue weighted by Gasteiger charge is -2.45. The second-order valence-electron chi connectivity index (χ2n) is 6.86. The van der Waals surface area contributed by atoms with Crippen molar-refractivity contribution < 1.29 is 4.42 Å². The Morgan fingerprint density at radius 1 is 1.16 bits per heavy atom. The van der Waals surface area contributed by atoms with Crippen LogP contribution in [-0.4, -0.2) is 30.6 Å². The van der Waals surface area contributed by atoms with Crippen molar-refractivity contribution in [1.82, 2.24) is 10.2 Å². The molecule has 0 spiro atoms. The third-order valence-corrected chi connectivity index (χ3v) is 5.72. The number of nitrogens with zero attached hydrogens (tertiary/aromatic N) is 1. The van der Waals surface area contributed by atoms with E-state index in [9.17, 15) is 0 Å². The maximum Gasteiger partial charge on any atom is 0.134 e. The van der Waals surface area contributed by atoms with E-state index in [0.717, 1.165) is 40.1 Å². The van der Waals surface area contributed by atoms with Gasteiger partial charge < -0.3 is 14.6 Å². The van der Waals surface area contributed by atoms with Crippen LogP contribution in [0.2, 0.25) is 5.02 Å². The fourth-order valence-corrected chi connectivity index (χ4v) is 3.98. The van der Waals surface area contributed by atoms with Gasteiger partial charge in [0.1, 0.15) is 11.5 Å². The highest BCUT2D eigenvalue weighted by Crippen LogP contribution is 2.29. The molecule has 25 heavy (non-hydrogen) atoms. The van der Waals surface area contributed by atoms with Crippen LogP contribution < -0.4 is 5.32 Å². The minimum Gasteiger partial charge on any atom is -0.460 e. The smallest absolute Gasteiger partial charge is 0.134 e. The molecule has 3 fully saturated rings. The topological polar surface area (TPSA) is 28.4 Å². The predicted octanol–water partition coefficient (Wildman–Crippen LogP) is 4.94. The molecule has 2 aromatic rings. The maximum atomic E-state index is 6.21. The Bertz CT molecular complexity index is 696. The van der Waals surface area contributed by atoms with E-state index < -0.39 is 0 Å². The lowest BCUT2D eigenvalue weighted by molar-refractivity contribution is 0.0711. The van der Waals surface area contributed by atoms with Crippen molar-refractivity contribution >= 4 is 36.4 Å². The summed E-state index contributed by atoms with van der Waals surface area (Å²) in [5.41, 5.74) is 2.13. The molecule has 1 aromatic heterocycles. The Balaban J connectivity index is 0.00000113. The van der Waals surface area contributed by atoms with E-state index in [4.69, 9.17) is 16.0 Å². The third kappa shape index (κ3) is 4.53. The van der Waals surface area contributed by atoms with E-state index >= 15 is 0 Å². The number of hydrogen-bond donors (Lipinski definition) is 1. The van der Waals surface area contributed by atoms with Crippen molar-refractivity contribution in [3.8, 4) is 11.3 Å². The van der Waals surface area contributed by atoms with E-state index in [0.29, 0.717) is 6.04 Å². The van der Waals surface area contributed by atoms with Crippen LogP contribution in [0, 0.1) is 12.8 Å². The molecule has 3 aliphatic rings. The van der Waals surface area contributed by atoms with Crippen LogP contribution in [0.25, 0.3) is 11.3 Å². The summed E-state index contributed by atoms with van der Waals surface area (Å²) in [6.45, 7) is 6.56. The summed E-state index contributed by atoms with van der Waals surface area (Å²) in [7, 11) is 0. The minimum atomic E-state index is 0. The second kappa shape index (κ2) is 8.79. The average molecular weight is 404 g/mol. The molecular formula is C19H25Cl3N2O. The van der Waals surface area contributed by atoms with E-state index in [1.165, 1.54) is 32.5 Å². The normalized spacial score (nSPS) is 24.5. The fourth-order valence-electron chi connectivity index (χ4n) is 3.80. The van der Waals surface area contributed by atoms with Crippen LogP contribution in [0.1, 0.15) is 24.2 Å². The summed E-state index contributed by atoms with van der Waals surface area (Å²) in [6.07, 6.45) is 2.67. The van der Waals surface area contributed by atoms with Gasteiger partial charge in [-0.1, -0.05) is 23.7 Å². The van der Waals surface area contributed by atoms with E-state index in [1.807, 2.05) is 25.1 Å². The number of hydrogen-bond acceptors (Lipinski definition) is 3. The van der Waals surface area contributed by atoms with Crippen molar-refractivity contribution in [2.45, 2.75) is 32.4 Å². The van der Waals surface area contributed by atoms with Gasteiger partial charge in [-0.3, -0.25) is 0 Å². The molecule has 1 atom stereocenters. The minimum absolute atomic E-state index is 0. The summed E-state index contributed by atoms with van der Waals surface area (Å²) in [4.78, 5) is 2.57. The number of aryl methyl sites for hydroxylation is 1. The summed E-state index contributed by atoms with van der Waals surface area (Å²) in [5, 5.41) is 4.48. The van der Waals surface area contributed by atoms with Crippen LogP contribution in [0.5, 0.6) is 0 Å². The first-order valence-electron chi connectivity index (χ1n) is 8.50. The van der Waals surface area contributed by atoms with Gasteiger partial charge in [0.25, 0.3) is 0 Å². The summed E-state index contributed by atoms with van der Waals surface area (Å²) >= 11 is 6.21. The van der Waals surface area contributed by atoms with Gasteiger partial charge in [-0.2, -0.15) is 0 Å². The van der Waals surface area contributed by atoms with Gasteiger partial charge in [-0.05, 0) is 62.5 Å². The van der Waals surface area contributed by atoms with Crippen molar-refractivity contribution in [2.24, 2.45) is 5.92 Å². The van der Waals surface area contributed by atoms with Crippen LogP contribution in [0.15, 0.2) is 34.7 Å². The number of furan rings is 1. The Kier molecular flexibility index (Phi) is 7.24. The first-order chi connectivity index (χ1) is 11.2. The monoisotopic (exact) mass is 402 g/mol. The van der Waals surface area contributed by atoms with E-state index in [-0.39, 0.29) is 24.8 Å². The molecule has 3 aliphatic heterocycles. The standard InChI is InChI=1S/C19H23ClN2O.2ClH/c1-13-2-3-15(10-17(13)20)19-5-4-16(23-19)11-21-18-12-22-8-6-14(18)7-9-22;;/h2-5,10,14,18,21H,6-9,11-12H2,1H3;2*1H. The molecule has 2 bridgehead atoms. The maximum absolute atomic E-state index is 6.21. The molecule has 138 valence electrons. The molecule has 0 radical (unpaired) electrons. The van der Waals surface area contributed by atoms with Gasteiger partial charge in [0.2, 0.25) is 0 Å². The molecule has 0 saturated carbocycles. The number of rotatable bonds is 4. The van der Waals surface area contributed by atoms with Crippen molar-refractivity contribution in [3.63, 3.8) is 0 Å². The zero-order valence-electron chi connectivity index (χ0n) is 14.3. The van der Waals surface area contributed by atoms with Gasteiger partial charge in [0.05, 0.1) is 6.54 Å². The van der Waals surface area contributed by atoms with Gasteiger partial charge in [-0.15, -0.1) is 24.8 Å². The first-order valence-corrected chi connectivity index (χ1v) is 8.88. The SMILES string of the molecule is Cc1ccc(-c2ccc(CNC3CN4CCC3CC4)o2)cc1Cl.Cl.Cl. The lowest BCUT2D eigenvalue weighted by Crippen LogP contribution is -2.55. The average Bonchev–Trinajstić information content (AvgIpc) is 3.05. The largest absolute Gasteiger partial charge is 0.460 e. The van der Waals surface area contributed by atoms with Gasteiger partial charge >= 0.3 is 0 Å². The number of nitrogens with one attached hydrogen (secondary N) is 1. The molecule has 6 heteroatoms. The molecule has 0 amide bonds.